The fraction of sp³-hybridized carbons (Fsp3) is 0.857. The quantitative estimate of drug-likeness (QED) is 0.639. The molecule has 0 aromatic heterocycles. The Bertz CT molecular complexity index is 373. The molecule has 2 fully saturated rings. The largest absolute Gasteiger partial charge is 0.481 e. The van der Waals surface area contributed by atoms with Gasteiger partial charge < -0.3 is 9.84 Å². The van der Waals surface area contributed by atoms with Crippen molar-refractivity contribution >= 4 is 11.9 Å². The van der Waals surface area contributed by atoms with E-state index in [2.05, 4.69) is 4.74 Å². The maximum Gasteiger partial charge on any atom is 0.309 e. The SMILES string of the molecule is CCOC(=O)C1C[C@@H](F)[C@H](F)C1.O=C(O)C1C[C@@H](F)[C@H](F)C1. The number of alkyl halides is 4. The molecule has 0 aromatic carbocycles. The van der Waals surface area contributed by atoms with Gasteiger partial charge >= 0.3 is 11.9 Å². The molecule has 0 bridgehead atoms. The van der Waals surface area contributed by atoms with E-state index in [0.717, 1.165) is 0 Å². The summed E-state index contributed by atoms with van der Waals surface area (Å²) in [5.74, 6) is -2.96. The van der Waals surface area contributed by atoms with Gasteiger partial charge in [0, 0.05) is 0 Å². The zero-order chi connectivity index (χ0) is 16.9. The number of carboxylic acids is 1. The van der Waals surface area contributed by atoms with Gasteiger partial charge in [0.2, 0.25) is 0 Å². The van der Waals surface area contributed by atoms with E-state index in [1.54, 1.807) is 6.92 Å². The highest BCUT2D eigenvalue weighted by molar-refractivity contribution is 5.73. The standard InChI is InChI=1S/C8H12F2O2.C6H8F2O2/c1-2-12-8(11)5-3-6(9)7(10)4-5;7-4-1-3(6(9)10)2-5(4)8/h5-7H,2-4H2,1H3;3-5H,1-2H2,(H,9,10)/t6-,7-;4-,5-/m11/s1. The van der Waals surface area contributed by atoms with Crippen LogP contribution < -0.4 is 0 Å². The lowest BCUT2D eigenvalue weighted by Gasteiger charge is -2.06. The molecule has 0 unspecified atom stereocenters. The number of halogens is 4. The van der Waals surface area contributed by atoms with Crippen molar-refractivity contribution < 1.29 is 37.0 Å². The van der Waals surface area contributed by atoms with E-state index in [9.17, 15) is 27.2 Å². The van der Waals surface area contributed by atoms with Crippen LogP contribution in [0.4, 0.5) is 17.6 Å². The molecule has 4 atom stereocenters. The molecule has 0 radical (unpaired) electrons. The lowest BCUT2D eigenvalue weighted by atomic mass is 10.1. The van der Waals surface area contributed by atoms with Crippen LogP contribution in [-0.4, -0.2) is 48.3 Å². The number of carbonyl (C=O) groups is 2. The third-order valence-corrected chi connectivity index (χ3v) is 3.79. The maximum atomic E-state index is 12.6. The van der Waals surface area contributed by atoms with Crippen molar-refractivity contribution in [3.8, 4) is 0 Å². The van der Waals surface area contributed by atoms with Crippen LogP contribution in [0.1, 0.15) is 32.6 Å². The van der Waals surface area contributed by atoms with Gasteiger partial charge in [0.1, 0.15) is 24.7 Å². The molecule has 22 heavy (non-hydrogen) atoms. The van der Waals surface area contributed by atoms with Crippen LogP contribution >= 0.6 is 0 Å². The van der Waals surface area contributed by atoms with Crippen LogP contribution in [0.25, 0.3) is 0 Å². The summed E-state index contributed by atoms with van der Waals surface area (Å²) in [6.45, 7) is 1.94. The summed E-state index contributed by atoms with van der Waals surface area (Å²) < 4.78 is 54.4. The zero-order valence-corrected chi connectivity index (χ0v) is 12.2. The lowest BCUT2D eigenvalue weighted by molar-refractivity contribution is -0.148. The lowest BCUT2D eigenvalue weighted by Crippen LogP contribution is -2.15. The van der Waals surface area contributed by atoms with Gasteiger partial charge in [-0.25, -0.2) is 17.6 Å². The van der Waals surface area contributed by atoms with Gasteiger partial charge in [-0.05, 0) is 32.6 Å². The van der Waals surface area contributed by atoms with Crippen molar-refractivity contribution in [1.29, 1.82) is 0 Å². The van der Waals surface area contributed by atoms with E-state index in [0.29, 0.717) is 0 Å². The average Bonchev–Trinajstić information content (AvgIpc) is 2.95. The predicted molar refractivity (Wildman–Crippen MR) is 69.3 cm³/mol. The Morgan fingerprint density at radius 2 is 1.27 bits per heavy atom. The van der Waals surface area contributed by atoms with Crippen molar-refractivity contribution in [2.24, 2.45) is 11.8 Å². The minimum Gasteiger partial charge on any atom is -0.481 e. The second-order valence-electron chi connectivity index (χ2n) is 5.49. The first-order valence-corrected chi connectivity index (χ1v) is 7.21. The Labute approximate surface area is 125 Å². The number of carboxylic acid groups (broad SMARTS) is 1. The number of aliphatic carboxylic acids is 1. The highest BCUT2D eigenvalue weighted by Crippen LogP contribution is 2.31. The van der Waals surface area contributed by atoms with Gasteiger partial charge in [-0.1, -0.05) is 0 Å². The summed E-state index contributed by atoms with van der Waals surface area (Å²) in [7, 11) is 0. The molecule has 128 valence electrons. The van der Waals surface area contributed by atoms with Gasteiger partial charge in [-0.15, -0.1) is 0 Å². The summed E-state index contributed by atoms with van der Waals surface area (Å²) in [5.41, 5.74) is 0. The topological polar surface area (TPSA) is 63.6 Å². The van der Waals surface area contributed by atoms with Crippen LogP contribution in [0, 0.1) is 11.8 Å². The molecular weight excluding hydrogens is 308 g/mol. The summed E-state index contributed by atoms with van der Waals surface area (Å²) in [6, 6.07) is 0. The summed E-state index contributed by atoms with van der Waals surface area (Å²) >= 11 is 0. The van der Waals surface area contributed by atoms with E-state index in [1.807, 2.05) is 0 Å². The molecule has 2 aliphatic carbocycles. The van der Waals surface area contributed by atoms with Gasteiger partial charge in [0.15, 0.2) is 0 Å². The zero-order valence-electron chi connectivity index (χ0n) is 12.2. The van der Waals surface area contributed by atoms with Crippen LogP contribution in [0.5, 0.6) is 0 Å². The Hall–Kier alpha value is -1.34. The second kappa shape index (κ2) is 8.33. The molecule has 2 aliphatic rings. The van der Waals surface area contributed by atoms with Crippen LogP contribution in [-0.2, 0) is 14.3 Å². The normalized spacial score (nSPS) is 32.4. The van der Waals surface area contributed by atoms with Gasteiger partial charge in [-0.2, -0.15) is 0 Å². The van der Waals surface area contributed by atoms with E-state index < -0.39 is 48.5 Å². The Balaban J connectivity index is 0.000000224. The molecule has 0 amide bonds. The Kier molecular flexibility index (Phi) is 7.09. The first-order valence-electron chi connectivity index (χ1n) is 7.21. The average molecular weight is 328 g/mol. The van der Waals surface area contributed by atoms with E-state index in [1.165, 1.54) is 0 Å². The molecule has 0 saturated heterocycles. The molecule has 0 heterocycles. The van der Waals surface area contributed by atoms with Gasteiger partial charge in [-0.3, -0.25) is 9.59 Å². The van der Waals surface area contributed by atoms with Gasteiger partial charge in [0.25, 0.3) is 0 Å². The first-order chi connectivity index (χ1) is 10.3. The Morgan fingerprint density at radius 1 is 0.909 bits per heavy atom. The molecule has 0 aromatic rings. The molecule has 0 aliphatic heterocycles. The minimum absolute atomic E-state index is 0.0278. The van der Waals surface area contributed by atoms with Crippen LogP contribution in [0.3, 0.4) is 0 Å². The molecule has 4 nitrogen and oxygen atoms in total. The third kappa shape index (κ3) is 5.14. The third-order valence-electron chi connectivity index (χ3n) is 3.79. The van der Waals surface area contributed by atoms with Crippen molar-refractivity contribution in [2.75, 3.05) is 6.61 Å². The van der Waals surface area contributed by atoms with Crippen molar-refractivity contribution in [1.82, 2.24) is 0 Å². The van der Waals surface area contributed by atoms with Crippen molar-refractivity contribution in [2.45, 2.75) is 57.3 Å². The van der Waals surface area contributed by atoms with E-state index in [4.69, 9.17) is 5.11 Å². The van der Waals surface area contributed by atoms with E-state index >= 15 is 0 Å². The number of rotatable bonds is 3. The molecule has 8 heteroatoms. The molecular formula is C14H20F4O4. The monoisotopic (exact) mass is 328 g/mol. The van der Waals surface area contributed by atoms with E-state index in [-0.39, 0.29) is 32.3 Å². The minimum atomic E-state index is -1.57. The fourth-order valence-corrected chi connectivity index (χ4v) is 2.52. The van der Waals surface area contributed by atoms with Crippen LogP contribution in [0.15, 0.2) is 0 Å². The van der Waals surface area contributed by atoms with Gasteiger partial charge in [0.05, 0.1) is 18.4 Å². The summed E-state index contributed by atoms with van der Waals surface area (Å²) in [4.78, 5) is 21.1. The fourth-order valence-electron chi connectivity index (χ4n) is 2.52. The highest BCUT2D eigenvalue weighted by Gasteiger charge is 2.39. The second-order valence-corrected chi connectivity index (χ2v) is 5.49. The predicted octanol–water partition coefficient (Wildman–Crippen LogP) is 2.79. The molecule has 0 spiro atoms. The number of ether oxygens (including phenoxy) is 1. The summed E-state index contributed by atoms with van der Waals surface area (Å²) in [5, 5.41) is 8.32. The maximum absolute atomic E-state index is 12.6. The smallest absolute Gasteiger partial charge is 0.309 e. The molecule has 2 rings (SSSR count). The molecule has 1 N–H and O–H groups in total. The van der Waals surface area contributed by atoms with Crippen molar-refractivity contribution in [3.63, 3.8) is 0 Å². The molecule has 2 saturated carbocycles. The summed E-state index contributed by atoms with van der Waals surface area (Å²) in [6.07, 6.45) is -6.51. The highest BCUT2D eigenvalue weighted by atomic mass is 19.2. The number of carbonyl (C=O) groups excluding carboxylic acids is 1. The number of esters is 1. The first kappa shape index (κ1) is 18.7. The number of hydrogen-bond acceptors (Lipinski definition) is 3. The number of hydrogen-bond donors (Lipinski definition) is 1. The van der Waals surface area contributed by atoms with Crippen LogP contribution in [0.2, 0.25) is 0 Å². The van der Waals surface area contributed by atoms with Crippen molar-refractivity contribution in [3.05, 3.63) is 0 Å². The Morgan fingerprint density at radius 3 is 1.55 bits per heavy atom.